The number of carbonyl (C=O) groups excluding carboxylic acids is 1. The van der Waals surface area contributed by atoms with Crippen LogP contribution < -0.4 is 0 Å². The zero-order chi connectivity index (χ0) is 14.1. The summed E-state index contributed by atoms with van der Waals surface area (Å²) in [6, 6.07) is 7.41. The molecule has 0 amide bonds. The fourth-order valence-corrected chi connectivity index (χ4v) is 1.95. The number of hydrogen-bond acceptors (Lipinski definition) is 4. The van der Waals surface area contributed by atoms with E-state index in [1.807, 2.05) is 24.3 Å². The van der Waals surface area contributed by atoms with Crippen LogP contribution in [0.15, 0.2) is 42.9 Å². The van der Waals surface area contributed by atoms with Crippen LogP contribution in [-0.2, 0) is 0 Å². The summed E-state index contributed by atoms with van der Waals surface area (Å²) in [5, 5.41) is 9.54. The third-order valence-electron chi connectivity index (χ3n) is 2.94. The lowest BCUT2D eigenvalue weighted by Gasteiger charge is -1.99. The highest BCUT2D eigenvalue weighted by atomic mass is 16.4. The van der Waals surface area contributed by atoms with Crippen LogP contribution in [0.3, 0.4) is 0 Å². The Labute approximate surface area is 113 Å². The first-order valence-corrected chi connectivity index (χ1v) is 5.83. The number of aromatic nitrogens is 3. The van der Waals surface area contributed by atoms with Gasteiger partial charge < -0.3 is 10.1 Å². The molecular weight excluding hydrogens is 258 g/mol. The topological polar surface area (TPSA) is 95.9 Å². The number of carbonyl (C=O) groups is 2. The Morgan fingerprint density at radius 2 is 1.75 bits per heavy atom. The van der Waals surface area contributed by atoms with Crippen molar-refractivity contribution in [2.75, 3.05) is 0 Å². The number of hydrogen-bond donors (Lipinski definition) is 2. The SMILES string of the molecule is O=C(O)c1cnc(C(=O)c2c[nH]c3ccccc23)cn1. The van der Waals surface area contributed by atoms with Gasteiger partial charge in [0.1, 0.15) is 5.69 Å². The summed E-state index contributed by atoms with van der Waals surface area (Å²) in [5.41, 5.74) is 1.25. The zero-order valence-electron chi connectivity index (χ0n) is 10.2. The van der Waals surface area contributed by atoms with Gasteiger partial charge in [-0.3, -0.25) is 4.79 Å². The van der Waals surface area contributed by atoms with Crippen molar-refractivity contribution in [2.45, 2.75) is 0 Å². The maximum absolute atomic E-state index is 12.3. The zero-order valence-corrected chi connectivity index (χ0v) is 10.2. The molecule has 0 atom stereocenters. The standard InChI is InChI=1S/C14H9N3O3/c18-13(11-6-17-12(7-16-11)14(19)20)9-5-15-10-4-2-1-3-8(9)10/h1-7,15H,(H,19,20). The number of nitrogens with one attached hydrogen (secondary N) is 1. The van der Waals surface area contributed by atoms with Crippen molar-refractivity contribution >= 4 is 22.7 Å². The van der Waals surface area contributed by atoms with Gasteiger partial charge in [-0.05, 0) is 6.07 Å². The number of fused-ring (bicyclic) bond motifs is 1. The maximum Gasteiger partial charge on any atom is 0.356 e. The number of aromatic carboxylic acids is 1. The predicted molar refractivity (Wildman–Crippen MR) is 70.7 cm³/mol. The number of ketones is 1. The predicted octanol–water partition coefficient (Wildman–Crippen LogP) is 1.89. The second-order valence-corrected chi connectivity index (χ2v) is 4.17. The maximum atomic E-state index is 12.3. The van der Waals surface area contributed by atoms with E-state index in [1.54, 1.807) is 6.20 Å². The fourth-order valence-electron chi connectivity index (χ4n) is 1.95. The third-order valence-corrected chi connectivity index (χ3v) is 2.94. The molecule has 2 aromatic heterocycles. The summed E-state index contributed by atoms with van der Waals surface area (Å²) >= 11 is 0. The van der Waals surface area contributed by atoms with Gasteiger partial charge in [0.15, 0.2) is 5.69 Å². The number of nitrogens with zero attached hydrogens (tertiary/aromatic N) is 2. The number of para-hydroxylation sites is 1. The molecular formula is C14H9N3O3. The van der Waals surface area contributed by atoms with Crippen LogP contribution in [-0.4, -0.2) is 31.8 Å². The van der Waals surface area contributed by atoms with Crippen LogP contribution in [0, 0.1) is 0 Å². The normalized spacial score (nSPS) is 10.6. The smallest absolute Gasteiger partial charge is 0.356 e. The molecule has 0 saturated carbocycles. The minimum absolute atomic E-state index is 0.111. The summed E-state index contributed by atoms with van der Waals surface area (Å²) in [6.45, 7) is 0. The van der Waals surface area contributed by atoms with E-state index < -0.39 is 5.97 Å². The van der Waals surface area contributed by atoms with Crippen molar-refractivity contribution in [1.29, 1.82) is 0 Å². The van der Waals surface area contributed by atoms with Crippen LogP contribution in [0.25, 0.3) is 10.9 Å². The fraction of sp³-hybridized carbons (Fsp3) is 0. The lowest BCUT2D eigenvalue weighted by atomic mass is 10.1. The number of carboxylic acids is 1. The number of rotatable bonds is 3. The molecule has 6 nitrogen and oxygen atoms in total. The Bertz CT molecular complexity index is 806. The summed E-state index contributed by atoms with van der Waals surface area (Å²) in [4.78, 5) is 33.6. The molecule has 6 heteroatoms. The summed E-state index contributed by atoms with van der Waals surface area (Å²) < 4.78 is 0. The van der Waals surface area contributed by atoms with Gasteiger partial charge in [0, 0.05) is 22.7 Å². The Morgan fingerprint density at radius 3 is 2.45 bits per heavy atom. The highest BCUT2D eigenvalue weighted by molar-refractivity contribution is 6.15. The molecule has 0 unspecified atom stereocenters. The first kappa shape index (κ1) is 12.0. The highest BCUT2D eigenvalue weighted by Crippen LogP contribution is 2.19. The van der Waals surface area contributed by atoms with E-state index in [4.69, 9.17) is 5.11 Å². The molecule has 3 rings (SSSR count). The number of H-pyrrole nitrogens is 1. The van der Waals surface area contributed by atoms with Crippen molar-refractivity contribution in [3.63, 3.8) is 0 Å². The minimum Gasteiger partial charge on any atom is -0.476 e. The van der Waals surface area contributed by atoms with Gasteiger partial charge in [-0.25, -0.2) is 14.8 Å². The molecule has 98 valence electrons. The van der Waals surface area contributed by atoms with Crippen molar-refractivity contribution in [3.8, 4) is 0 Å². The van der Waals surface area contributed by atoms with Gasteiger partial charge in [-0.15, -0.1) is 0 Å². The van der Waals surface area contributed by atoms with Gasteiger partial charge in [-0.2, -0.15) is 0 Å². The average molecular weight is 267 g/mol. The van der Waals surface area contributed by atoms with Crippen molar-refractivity contribution in [1.82, 2.24) is 15.0 Å². The quantitative estimate of drug-likeness (QED) is 0.706. The molecule has 0 radical (unpaired) electrons. The first-order chi connectivity index (χ1) is 9.66. The largest absolute Gasteiger partial charge is 0.476 e. The van der Waals surface area contributed by atoms with Crippen LogP contribution in [0.5, 0.6) is 0 Å². The van der Waals surface area contributed by atoms with Gasteiger partial charge in [0.2, 0.25) is 5.78 Å². The van der Waals surface area contributed by atoms with Gasteiger partial charge in [0.05, 0.1) is 12.4 Å². The third kappa shape index (κ3) is 1.93. The first-order valence-electron chi connectivity index (χ1n) is 5.83. The van der Waals surface area contributed by atoms with Crippen LogP contribution in [0.1, 0.15) is 26.5 Å². The molecule has 0 aliphatic rings. The molecule has 0 spiro atoms. The summed E-state index contributed by atoms with van der Waals surface area (Å²) in [7, 11) is 0. The molecule has 0 aliphatic carbocycles. The molecule has 0 bridgehead atoms. The number of carboxylic acid groups (broad SMARTS) is 1. The van der Waals surface area contributed by atoms with Gasteiger partial charge >= 0.3 is 5.97 Å². The van der Waals surface area contributed by atoms with E-state index in [0.717, 1.165) is 17.1 Å². The second-order valence-electron chi connectivity index (χ2n) is 4.17. The Morgan fingerprint density at radius 1 is 1.05 bits per heavy atom. The molecule has 2 heterocycles. The molecule has 1 aromatic carbocycles. The Kier molecular flexibility index (Phi) is 2.76. The summed E-state index contributed by atoms with van der Waals surface area (Å²) in [5.74, 6) is -1.48. The number of benzene rings is 1. The van der Waals surface area contributed by atoms with Gasteiger partial charge in [-0.1, -0.05) is 18.2 Å². The molecule has 0 fully saturated rings. The molecule has 20 heavy (non-hydrogen) atoms. The van der Waals surface area contributed by atoms with Crippen LogP contribution in [0.2, 0.25) is 0 Å². The molecule has 0 saturated heterocycles. The monoisotopic (exact) mass is 267 g/mol. The highest BCUT2D eigenvalue weighted by Gasteiger charge is 2.16. The summed E-state index contributed by atoms with van der Waals surface area (Å²) in [6.07, 6.45) is 3.86. The Hall–Kier alpha value is -3.02. The second kappa shape index (κ2) is 4.58. The van der Waals surface area contributed by atoms with Crippen molar-refractivity contribution < 1.29 is 14.7 Å². The lowest BCUT2D eigenvalue weighted by Crippen LogP contribution is -2.07. The van der Waals surface area contributed by atoms with Crippen LogP contribution >= 0.6 is 0 Å². The average Bonchev–Trinajstić information content (AvgIpc) is 2.90. The molecule has 3 aromatic rings. The van der Waals surface area contributed by atoms with E-state index in [2.05, 4.69) is 15.0 Å². The van der Waals surface area contributed by atoms with Crippen LogP contribution in [0.4, 0.5) is 0 Å². The van der Waals surface area contributed by atoms with E-state index in [9.17, 15) is 9.59 Å². The van der Waals surface area contributed by atoms with E-state index in [0.29, 0.717) is 5.56 Å². The van der Waals surface area contributed by atoms with Crippen molar-refractivity contribution in [2.24, 2.45) is 0 Å². The van der Waals surface area contributed by atoms with Crippen molar-refractivity contribution in [3.05, 3.63) is 59.8 Å². The lowest BCUT2D eigenvalue weighted by molar-refractivity contribution is 0.0689. The minimum atomic E-state index is -1.18. The van der Waals surface area contributed by atoms with Gasteiger partial charge in [0.25, 0.3) is 0 Å². The van der Waals surface area contributed by atoms with E-state index >= 15 is 0 Å². The van der Waals surface area contributed by atoms with E-state index in [-0.39, 0.29) is 17.2 Å². The number of aromatic amines is 1. The van der Waals surface area contributed by atoms with E-state index in [1.165, 1.54) is 6.20 Å². The molecule has 2 N–H and O–H groups in total. The molecule has 0 aliphatic heterocycles. The Balaban J connectivity index is 2.02.